The predicted molar refractivity (Wildman–Crippen MR) is 217 cm³/mol. The summed E-state index contributed by atoms with van der Waals surface area (Å²) in [5.41, 5.74) is 9.83. The van der Waals surface area contributed by atoms with E-state index in [2.05, 4.69) is 88.7 Å². The molecule has 4 aromatic heterocycles. The molecule has 0 fully saturated rings. The van der Waals surface area contributed by atoms with Crippen molar-refractivity contribution >= 4 is 11.9 Å². The van der Waals surface area contributed by atoms with Crippen molar-refractivity contribution in [3.8, 4) is 23.3 Å². The van der Waals surface area contributed by atoms with Crippen molar-refractivity contribution in [3.63, 3.8) is 0 Å². The topological polar surface area (TPSA) is 235 Å². The molecule has 8 heterocycles. The van der Waals surface area contributed by atoms with Crippen LogP contribution in [0.4, 0.5) is 0 Å². The first-order valence-corrected chi connectivity index (χ1v) is 19.8. The monoisotopic (exact) mass is 830 g/mol. The average molecular weight is 831 g/mol. The third-order valence-corrected chi connectivity index (χ3v) is 10.6. The lowest BCUT2D eigenvalue weighted by Crippen LogP contribution is -2.35. The molecular weight excluding hydrogens is 785 g/mol. The first kappa shape index (κ1) is 40.8. The highest BCUT2D eigenvalue weighted by Gasteiger charge is 2.28. The molecule has 19 nitrogen and oxygen atoms in total. The summed E-state index contributed by atoms with van der Waals surface area (Å²) in [5, 5.41) is 16.2. The molecule has 4 aliphatic rings. The van der Waals surface area contributed by atoms with Crippen molar-refractivity contribution in [1.29, 1.82) is 0 Å². The maximum absolute atomic E-state index is 12.0. The number of pyridine rings is 2. The minimum absolute atomic E-state index is 0. The molecule has 1 amide bonds. The molecule has 6 aromatic rings. The van der Waals surface area contributed by atoms with Gasteiger partial charge in [0.1, 0.15) is 24.9 Å². The number of esters is 1. The van der Waals surface area contributed by atoms with E-state index < -0.39 is 11.9 Å². The van der Waals surface area contributed by atoms with Gasteiger partial charge in [0.2, 0.25) is 11.6 Å². The molecule has 19 heteroatoms. The lowest BCUT2D eigenvalue weighted by molar-refractivity contribution is 0.0501. The maximum Gasteiger partial charge on any atom is 0.376 e. The highest BCUT2D eigenvalue weighted by molar-refractivity contribution is 5.89. The van der Waals surface area contributed by atoms with Crippen LogP contribution in [0, 0.1) is 0 Å². The van der Waals surface area contributed by atoms with Gasteiger partial charge >= 0.3 is 5.97 Å². The molecular formula is C42H46N12O7. The van der Waals surface area contributed by atoms with E-state index in [1.165, 1.54) is 11.1 Å². The molecule has 61 heavy (non-hydrogen) atoms. The van der Waals surface area contributed by atoms with Crippen molar-refractivity contribution < 1.29 is 33.3 Å². The van der Waals surface area contributed by atoms with Gasteiger partial charge < -0.3 is 44.7 Å². The zero-order valence-electron chi connectivity index (χ0n) is 33.6. The van der Waals surface area contributed by atoms with Gasteiger partial charge in [-0.15, -0.1) is 20.4 Å². The van der Waals surface area contributed by atoms with Crippen molar-refractivity contribution in [3.05, 3.63) is 131 Å². The van der Waals surface area contributed by atoms with E-state index in [1.807, 2.05) is 28.8 Å². The third kappa shape index (κ3) is 8.98. The number of amides is 1. The highest BCUT2D eigenvalue weighted by atomic mass is 16.6. The van der Waals surface area contributed by atoms with Gasteiger partial charge in [0, 0.05) is 51.7 Å². The molecule has 2 atom stereocenters. The number of rotatable bonds is 9. The van der Waals surface area contributed by atoms with Crippen LogP contribution in [-0.2, 0) is 44.0 Å². The molecule has 316 valence electrons. The summed E-state index contributed by atoms with van der Waals surface area (Å²) in [6, 6.07) is 24.1. The SMILES string of the molecule is CCOC(=O)c1nnc2n1CCN(Cc1ccc([C@H]3COc4cccnc4O3)cc1)C2.N.NC(=O)c1nnc2n1CCN(Cc1ccc([C@H]3COc4cccnc4O3)cc1)C2. The number of benzene rings is 2. The molecule has 0 saturated heterocycles. The average Bonchev–Trinajstić information content (AvgIpc) is 3.91. The summed E-state index contributed by atoms with van der Waals surface area (Å²) < 4.78 is 32.2. The lowest BCUT2D eigenvalue weighted by Gasteiger charge is -2.28. The van der Waals surface area contributed by atoms with Crippen LogP contribution >= 0.6 is 0 Å². The second-order valence-electron chi connectivity index (χ2n) is 14.6. The Labute approximate surface area is 351 Å². The van der Waals surface area contributed by atoms with Gasteiger partial charge in [-0.3, -0.25) is 14.6 Å². The van der Waals surface area contributed by atoms with Gasteiger partial charge in [-0.05, 0) is 53.4 Å². The van der Waals surface area contributed by atoms with E-state index in [4.69, 9.17) is 29.4 Å². The van der Waals surface area contributed by atoms with Gasteiger partial charge in [-0.1, -0.05) is 48.5 Å². The number of hydrogen-bond donors (Lipinski definition) is 2. The number of carbonyl (C=O) groups excluding carboxylic acids is 2. The van der Waals surface area contributed by atoms with E-state index in [9.17, 15) is 9.59 Å². The number of hydrogen-bond acceptors (Lipinski definition) is 16. The first-order chi connectivity index (χ1) is 29.4. The number of nitrogens with two attached hydrogens (primary N) is 1. The van der Waals surface area contributed by atoms with Gasteiger partial charge in [0.05, 0.1) is 19.7 Å². The number of primary amides is 1. The molecule has 0 radical (unpaired) electrons. The van der Waals surface area contributed by atoms with Crippen LogP contribution in [0.2, 0.25) is 0 Å². The molecule has 0 spiro atoms. The standard InChI is InChI=1S/C22H23N5O4.C20H20N6O3.H3N/c1-2-29-22(28)20-25-24-19-13-26(10-11-27(19)20)12-15-5-7-16(8-6-15)18-14-30-17-4-3-9-23-21(17)31-18;21-18(27)19-24-23-17-11-25(8-9-26(17)19)10-13-3-5-14(6-4-13)16-12-28-15-2-1-7-22-20(15)29-16;/h3-9,18H,2,10-14H2,1H3;1-7,16H,8-12H2,(H2,21,27);1H3/t18-;16-;/m11./s1. The molecule has 0 aliphatic carbocycles. The first-order valence-electron chi connectivity index (χ1n) is 19.8. The van der Waals surface area contributed by atoms with Crippen LogP contribution in [0.3, 0.4) is 0 Å². The molecule has 0 bridgehead atoms. The molecule has 0 unspecified atom stereocenters. The minimum atomic E-state index is -0.542. The fourth-order valence-corrected chi connectivity index (χ4v) is 7.55. The number of carbonyl (C=O) groups is 2. The molecule has 2 aromatic carbocycles. The Morgan fingerprint density at radius 1 is 0.672 bits per heavy atom. The summed E-state index contributed by atoms with van der Waals surface area (Å²) in [7, 11) is 0. The summed E-state index contributed by atoms with van der Waals surface area (Å²) >= 11 is 0. The van der Waals surface area contributed by atoms with Crippen LogP contribution in [0.1, 0.15) is 74.3 Å². The normalized spacial score (nSPS) is 17.7. The van der Waals surface area contributed by atoms with Gasteiger partial charge in [-0.25, -0.2) is 14.8 Å². The smallest absolute Gasteiger partial charge is 0.376 e. The molecule has 4 aliphatic heterocycles. The third-order valence-electron chi connectivity index (χ3n) is 10.6. The van der Waals surface area contributed by atoms with Crippen molar-refractivity contribution in [2.75, 3.05) is 32.9 Å². The van der Waals surface area contributed by atoms with Crippen LogP contribution in [-0.4, -0.2) is 94.1 Å². The zero-order chi connectivity index (χ0) is 41.0. The zero-order valence-corrected chi connectivity index (χ0v) is 33.6. The second-order valence-corrected chi connectivity index (χ2v) is 14.6. The molecule has 10 rings (SSSR count). The Morgan fingerprint density at radius 3 is 1.62 bits per heavy atom. The Hall–Kier alpha value is -6.96. The largest absolute Gasteiger partial charge is 0.484 e. The number of nitrogens with zero attached hydrogens (tertiary/aromatic N) is 10. The summed E-state index contributed by atoms with van der Waals surface area (Å²) in [4.78, 5) is 36.4. The van der Waals surface area contributed by atoms with Crippen molar-refractivity contribution in [2.45, 2.75) is 58.4 Å². The quantitative estimate of drug-likeness (QED) is 0.197. The van der Waals surface area contributed by atoms with E-state index in [-0.39, 0.29) is 30.0 Å². The molecule has 5 N–H and O–H groups in total. The van der Waals surface area contributed by atoms with E-state index in [0.29, 0.717) is 69.3 Å². The Bertz CT molecular complexity index is 2480. The predicted octanol–water partition coefficient (Wildman–Crippen LogP) is 3.84. The second kappa shape index (κ2) is 18.1. The van der Waals surface area contributed by atoms with Crippen molar-refractivity contribution in [1.82, 2.24) is 55.4 Å². The van der Waals surface area contributed by atoms with E-state index >= 15 is 0 Å². The van der Waals surface area contributed by atoms with Crippen LogP contribution in [0.25, 0.3) is 0 Å². The highest BCUT2D eigenvalue weighted by Crippen LogP contribution is 2.35. The number of fused-ring (bicyclic) bond motifs is 4. The van der Waals surface area contributed by atoms with Gasteiger partial charge in [-0.2, -0.15) is 0 Å². The van der Waals surface area contributed by atoms with E-state index in [0.717, 1.165) is 49.0 Å². The summed E-state index contributed by atoms with van der Waals surface area (Å²) in [5.74, 6) is 3.52. The molecule has 0 saturated carbocycles. The van der Waals surface area contributed by atoms with Crippen LogP contribution < -0.4 is 30.8 Å². The van der Waals surface area contributed by atoms with Gasteiger partial charge in [0.25, 0.3) is 17.7 Å². The summed E-state index contributed by atoms with van der Waals surface area (Å²) in [6.07, 6.45) is 3.04. The fraction of sp³-hybridized carbons (Fsp3) is 0.333. The fourth-order valence-electron chi connectivity index (χ4n) is 7.55. The van der Waals surface area contributed by atoms with Crippen LogP contribution in [0.5, 0.6) is 23.3 Å². The number of aromatic nitrogens is 8. The Morgan fingerprint density at radius 2 is 1.15 bits per heavy atom. The minimum Gasteiger partial charge on any atom is -0.484 e. The number of ether oxygens (including phenoxy) is 5. The summed E-state index contributed by atoms with van der Waals surface area (Å²) in [6.45, 7) is 8.78. The lowest BCUT2D eigenvalue weighted by atomic mass is 10.1. The Kier molecular flexibility index (Phi) is 12.1. The maximum atomic E-state index is 12.0. The van der Waals surface area contributed by atoms with Crippen molar-refractivity contribution in [2.24, 2.45) is 5.73 Å². The van der Waals surface area contributed by atoms with Gasteiger partial charge in [0.15, 0.2) is 23.7 Å². The Balaban J connectivity index is 0.000000166. The van der Waals surface area contributed by atoms with Crippen LogP contribution in [0.15, 0.2) is 85.2 Å². The van der Waals surface area contributed by atoms with E-state index in [1.54, 1.807) is 23.9 Å².